The van der Waals surface area contributed by atoms with E-state index in [1.807, 2.05) is 0 Å². The number of phosphoric ester groups is 1. The third-order valence-electron chi connectivity index (χ3n) is 5.65. The molecule has 3 aromatic heterocycles. The highest BCUT2D eigenvalue weighted by Crippen LogP contribution is 2.44. The molecule has 4 atom stereocenters. The Morgan fingerprint density at radius 3 is 3.03 bits per heavy atom. The van der Waals surface area contributed by atoms with Crippen LogP contribution in [-0.4, -0.2) is 78.9 Å². The summed E-state index contributed by atoms with van der Waals surface area (Å²) in [6.45, 7) is 0.117. The summed E-state index contributed by atoms with van der Waals surface area (Å²) in [6, 6.07) is 0. The number of carbonyl (C=O) groups excluding carboxylic acids is 1. The zero-order valence-corrected chi connectivity index (χ0v) is 22.6. The normalized spacial score (nSPS) is 19.6. The van der Waals surface area contributed by atoms with Crippen molar-refractivity contribution in [3.05, 3.63) is 30.4 Å². The molecule has 0 spiro atoms. The number of ether oxygens (including phenoxy) is 2. The largest absolute Gasteiger partial charge is 0.472 e. The number of imidazole rings is 2. The Hall–Kier alpha value is -2.84. The molecule has 0 saturated carbocycles. The van der Waals surface area contributed by atoms with E-state index in [1.165, 1.54) is 19.7 Å². The molecule has 4 N–H and O–H groups in total. The lowest BCUT2D eigenvalue weighted by Gasteiger charge is -2.19. The number of aromatic nitrogens is 6. The van der Waals surface area contributed by atoms with Crippen molar-refractivity contribution in [2.45, 2.75) is 38.3 Å². The zero-order valence-electron chi connectivity index (χ0n) is 20.5. The van der Waals surface area contributed by atoms with Gasteiger partial charge in [-0.15, -0.1) is 9.24 Å². The molecular formula is C20H29N9O7P2. The smallest absolute Gasteiger partial charge is 0.370 e. The predicted octanol–water partition coefficient (Wildman–Crippen LogP) is 1.05. The standard InChI is InChI=1S/C20H29N9O7P2/c1-22-20(21)27-19-15(7-30)25-11-29(19)17-3-2-13(36-17)8-35-38(31,32)34-5-4-28-16(9-33-12-37)26-14-6-23-10-24-18(14)28/h6-7,10-11,13,17H,2-5,8-9,12,37H2,1H3,(H,31,32)(H3,21,22,27). The van der Waals surface area contributed by atoms with Gasteiger partial charge in [-0.1, -0.05) is 0 Å². The minimum atomic E-state index is -4.38. The average molecular weight is 569 g/mol. The monoisotopic (exact) mass is 569 g/mol. The van der Waals surface area contributed by atoms with Gasteiger partial charge in [0, 0.05) is 13.6 Å². The SMILES string of the molecule is CN=C(N)Nc1c(C=O)ncn1C1CCC(COP(=O)(O)OCCn2c(COCP)nc3cncnc32)O1. The molecule has 0 aromatic carbocycles. The quantitative estimate of drug-likeness (QED) is 0.114. The van der Waals surface area contributed by atoms with E-state index in [1.54, 1.807) is 15.3 Å². The molecule has 1 saturated heterocycles. The number of hydrogen-bond acceptors (Lipinski definition) is 11. The summed E-state index contributed by atoms with van der Waals surface area (Å²) in [5.41, 5.74) is 7.02. The van der Waals surface area contributed by atoms with Crippen molar-refractivity contribution in [1.82, 2.24) is 29.1 Å². The van der Waals surface area contributed by atoms with Crippen LogP contribution in [0.3, 0.4) is 0 Å². The third kappa shape index (κ3) is 6.77. The number of nitrogens with two attached hydrogens (primary N) is 1. The molecule has 1 aliphatic rings. The Morgan fingerprint density at radius 1 is 1.42 bits per heavy atom. The number of nitrogens with zero attached hydrogens (tertiary/aromatic N) is 7. The van der Waals surface area contributed by atoms with Gasteiger partial charge < -0.3 is 30.0 Å². The fourth-order valence-corrected chi connectivity index (χ4v) is 4.74. The number of aliphatic imine (C=N–C) groups is 1. The number of rotatable bonds is 13. The maximum Gasteiger partial charge on any atom is 0.472 e. The number of aldehydes is 1. The molecule has 3 aromatic rings. The summed E-state index contributed by atoms with van der Waals surface area (Å²) in [5.74, 6) is 1.03. The topological polar surface area (TPSA) is 203 Å². The summed E-state index contributed by atoms with van der Waals surface area (Å²) < 4.78 is 37.6. The molecule has 0 bridgehead atoms. The van der Waals surface area contributed by atoms with Crippen LogP contribution >= 0.6 is 17.1 Å². The lowest BCUT2D eigenvalue weighted by molar-refractivity contribution is -0.0230. The van der Waals surface area contributed by atoms with Gasteiger partial charge in [0.25, 0.3) is 0 Å². The zero-order chi connectivity index (χ0) is 27.1. The van der Waals surface area contributed by atoms with Crippen molar-refractivity contribution >= 4 is 46.3 Å². The molecular weight excluding hydrogens is 540 g/mol. The second-order valence-corrected chi connectivity index (χ2v) is 9.84. The van der Waals surface area contributed by atoms with Gasteiger partial charge in [0.1, 0.15) is 42.0 Å². The second-order valence-electron chi connectivity index (χ2n) is 8.05. The highest BCUT2D eigenvalue weighted by Gasteiger charge is 2.32. The van der Waals surface area contributed by atoms with Crippen molar-refractivity contribution in [1.29, 1.82) is 0 Å². The van der Waals surface area contributed by atoms with Gasteiger partial charge in [0.15, 0.2) is 17.9 Å². The molecule has 4 heterocycles. The lowest BCUT2D eigenvalue weighted by atomic mass is 10.2. The average Bonchev–Trinajstić information content (AvgIpc) is 3.63. The molecule has 16 nitrogen and oxygen atoms in total. The van der Waals surface area contributed by atoms with Gasteiger partial charge in [-0.05, 0) is 12.8 Å². The van der Waals surface area contributed by atoms with E-state index in [4.69, 9.17) is 24.3 Å². The highest BCUT2D eigenvalue weighted by atomic mass is 31.2. The maximum absolute atomic E-state index is 12.5. The van der Waals surface area contributed by atoms with E-state index in [0.29, 0.717) is 48.3 Å². The minimum absolute atomic E-state index is 0.103. The first-order chi connectivity index (χ1) is 18.3. The molecule has 4 unspecified atom stereocenters. The first kappa shape index (κ1) is 28.2. The van der Waals surface area contributed by atoms with Crippen LogP contribution in [-0.2, 0) is 36.2 Å². The maximum atomic E-state index is 12.5. The van der Waals surface area contributed by atoms with Crippen LogP contribution in [0.2, 0.25) is 0 Å². The Bertz CT molecular complexity index is 1330. The van der Waals surface area contributed by atoms with Crippen molar-refractivity contribution in [2.24, 2.45) is 10.7 Å². The van der Waals surface area contributed by atoms with E-state index >= 15 is 0 Å². The molecule has 0 amide bonds. The van der Waals surface area contributed by atoms with Crippen molar-refractivity contribution in [2.75, 3.05) is 31.9 Å². The van der Waals surface area contributed by atoms with Crippen LogP contribution < -0.4 is 11.1 Å². The van der Waals surface area contributed by atoms with Crippen LogP contribution in [0.15, 0.2) is 23.8 Å². The van der Waals surface area contributed by atoms with E-state index < -0.39 is 20.2 Å². The van der Waals surface area contributed by atoms with Gasteiger partial charge in [-0.3, -0.25) is 23.4 Å². The van der Waals surface area contributed by atoms with E-state index in [0.717, 1.165) is 0 Å². The summed E-state index contributed by atoms with van der Waals surface area (Å²) in [6.07, 6.45) is 5.55. The lowest BCUT2D eigenvalue weighted by Crippen LogP contribution is -2.25. The summed E-state index contributed by atoms with van der Waals surface area (Å²) in [4.78, 5) is 42.1. The van der Waals surface area contributed by atoms with Crippen LogP contribution in [0.25, 0.3) is 11.2 Å². The Balaban J connectivity index is 1.31. The first-order valence-electron chi connectivity index (χ1n) is 11.6. The third-order valence-corrected chi connectivity index (χ3v) is 6.87. The first-order valence-corrected chi connectivity index (χ1v) is 13.9. The Kier molecular flexibility index (Phi) is 9.49. The number of carbonyl (C=O) groups is 1. The van der Waals surface area contributed by atoms with Crippen LogP contribution in [0.5, 0.6) is 0 Å². The van der Waals surface area contributed by atoms with Gasteiger partial charge >= 0.3 is 7.82 Å². The van der Waals surface area contributed by atoms with Gasteiger partial charge in [-0.2, -0.15) is 0 Å². The molecule has 1 fully saturated rings. The van der Waals surface area contributed by atoms with E-state index in [2.05, 4.69) is 39.5 Å². The molecule has 206 valence electrons. The predicted molar refractivity (Wildman–Crippen MR) is 138 cm³/mol. The van der Waals surface area contributed by atoms with E-state index in [-0.39, 0.29) is 38.0 Å². The molecule has 0 radical (unpaired) electrons. The molecule has 1 aliphatic heterocycles. The number of phosphoric acid groups is 1. The minimum Gasteiger partial charge on any atom is -0.370 e. The van der Waals surface area contributed by atoms with Crippen LogP contribution in [0.1, 0.15) is 35.4 Å². The number of guanidine groups is 1. The fraction of sp³-hybridized carbons (Fsp3) is 0.500. The van der Waals surface area contributed by atoms with Crippen LogP contribution in [0, 0.1) is 0 Å². The number of fused-ring (bicyclic) bond motifs is 1. The fourth-order valence-electron chi connectivity index (χ4n) is 3.88. The van der Waals surface area contributed by atoms with Gasteiger partial charge in [0.2, 0.25) is 0 Å². The van der Waals surface area contributed by atoms with Crippen molar-refractivity contribution in [3.63, 3.8) is 0 Å². The Labute approximate surface area is 219 Å². The summed E-state index contributed by atoms with van der Waals surface area (Å²) in [5, 5.41) is 2.83. The highest BCUT2D eigenvalue weighted by molar-refractivity contribution is 7.47. The summed E-state index contributed by atoms with van der Waals surface area (Å²) in [7, 11) is -0.413. The Morgan fingerprint density at radius 2 is 2.26 bits per heavy atom. The van der Waals surface area contributed by atoms with E-state index in [9.17, 15) is 14.3 Å². The number of nitrogens with one attached hydrogen (secondary N) is 1. The van der Waals surface area contributed by atoms with Crippen molar-refractivity contribution < 1.29 is 32.8 Å². The van der Waals surface area contributed by atoms with Crippen LogP contribution in [0.4, 0.5) is 5.82 Å². The summed E-state index contributed by atoms with van der Waals surface area (Å²) >= 11 is 0. The number of anilines is 1. The van der Waals surface area contributed by atoms with Gasteiger partial charge in [-0.25, -0.2) is 24.5 Å². The molecule has 0 aliphatic carbocycles. The van der Waals surface area contributed by atoms with Gasteiger partial charge in [0.05, 0.1) is 38.2 Å². The molecule has 18 heteroatoms. The van der Waals surface area contributed by atoms with Crippen molar-refractivity contribution in [3.8, 4) is 0 Å². The molecule has 38 heavy (non-hydrogen) atoms. The second kappa shape index (κ2) is 12.8. The molecule has 4 rings (SSSR count). The number of hydrogen-bond donors (Lipinski definition) is 3.